The fraction of sp³-hybridized carbons (Fsp3) is 0. The smallest absolute Gasteiger partial charge is 0.247 e. The van der Waals surface area contributed by atoms with Crippen LogP contribution in [-0.2, 0) is 4.79 Å². The summed E-state index contributed by atoms with van der Waals surface area (Å²) in [6.45, 7) is 3.43. The number of hydrogen-bond acceptors (Lipinski definition) is 3. The number of hydrogen-bond donors (Lipinski definition) is 1. The van der Waals surface area contributed by atoms with E-state index in [4.69, 9.17) is 11.6 Å². The molecule has 3 rings (SSSR count). The van der Waals surface area contributed by atoms with Crippen molar-refractivity contribution >= 4 is 34.1 Å². The molecule has 0 spiro atoms. The average Bonchev–Trinajstić information content (AvgIpc) is 2.54. The second kappa shape index (κ2) is 5.95. The zero-order valence-electron chi connectivity index (χ0n) is 11.6. The second-order valence-corrected chi connectivity index (χ2v) is 5.12. The first-order chi connectivity index (χ1) is 10.7. The number of carbonyl (C=O) groups excluding carboxylic acids is 1. The summed E-state index contributed by atoms with van der Waals surface area (Å²) in [5.74, 6) is -0.257. The number of nitrogens with one attached hydrogen (secondary N) is 1. The second-order valence-electron chi connectivity index (χ2n) is 4.68. The van der Waals surface area contributed by atoms with Crippen LogP contribution in [0.4, 0.5) is 5.69 Å². The van der Waals surface area contributed by atoms with Gasteiger partial charge in [-0.1, -0.05) is 30.3 Å². The molecule has 1 aromatic carbocycles. The van der Waals surface area contributed by atoms with Crippen molar-refractivity contribution in [3.8, 4) is 11.3 Å². The van der Waals surface area contributed by atoms with Crippen molar-refractivity contribution < 1.29 is 4.79 Å². The number of nitrogens with zero attached hydrogens (tertiary/aromatic N) is 2. The van der Waals surface area contributed by atoms with Gasteiger partial charge in [-0.05, 0) is 30.3 Å². The summed E-state index contributed by atoms with van der Waals surface area (Å²) < 4.78 is 0. The standard InChI is InChI=1S/C17H12ClN3O/c1-2-17(22)21-14-5-6-19-16(9-14)12-4-3-11-7-13(18)10-20-15(11)8-12/h2-10H,1H2,(H,19,21,22). The van der Waals surface area contributed by atoms with E-state index in [9.17, 15) is 4.79 Å². The number of benzene rings is 1. The largest absolute Gasteiger partial charge is 0.322 e. The lowest BCUT2D eigenvalue weighted by Gasteiger charge is -2.06. The predicted octanol–water partition coefficient (Wildman–Crippen LogP) is 4.07. The van der Waals surface area contributed by atoms with Crippen LogP contribution < -0.4 is 5.32 Å². The Balaban J connectivity index is 2.00. The molecule has 0 aliphatic rings. The fourth-order valence-corrected chi connectivity index (χ4v) is 2.28. The van der Waals surface area contributed by atoms with E-state index >= 15 is 0 Å². The minimum Gasteiger partial charge on any atom is -0.322 e. The molecule has 0 unspecified atom stereocenters. The summed E-state index contributed by atoms with van der Waals surface area (Å²) in [6.07, 6.45) is 4.49. The van der Waals surface area contributed by atoms with Crippen molar-refractivity contribution in [2.45, 2.75) is 0 Å². The molecule has 3 aromatic rings. The van der Waals surface area contributed by atoms with Gasteiger partial charge in [0, 0.05) is 29.0 Å². The lowest BCUT2D eigenvalue weighted by molar-refractivity contribution is -0.111. The molecular weight excluding hydrogens is 298 g/mol. The molecule has 4 nitrogen and oxygen atoms in total. The van der Waals surface area contributed by atoms with Gasteiger partial charge in [-0.3, -0.25) is 14.8 Å². The van der Waals surface area contributed by atoms with Gasteiger partial charge in [0.05, 0.1) is 16.2 Å². The molecule has 2 heterocycles. The molecule has 0 saturated carbocycles. The minimum absolute atomic E-state index is 0.257. The van der Waals surface area contributed by atoms with E-state index in [-0.39, 0.29) is 5.91 Å². The van der Waals surface area contributed by atoms with Crippen LogP contribution in [0.15, 0.2) is 61.4 Å². The fourth-order valence-electron chi connectivity index (χ4n) is 2.11. The highest BCUT2D eigenvalue weighted by Gasteiger charge is 2.05. The van der Waals surface area contributed by atoms with E-state index in [2.05, 4.69) is 21.9 Å². The summed E-state index contributed by atoms with van der Waals surface area (Å²) in [6, 6.07) is 11.2. The Bertz CT molecular complexity index is 877. The van der Waals surface area contributed by atoms with E-state index in [0.717, 1.165) is 22.2 Å². The molecule has 0 fully saturated rings. The van der Waals surface area contributed by atoms with Gasteiger partial charge in [0.1, 0.15) is 0 Å². The summed E-state index contributed by atoms with van der Waals surface area (Å²) in [5.41, 5.74) is 3.17. The lowest BCUT2D eigenvalue weighted by Crippen LogP contribution is -2.07. The van der Waals surface area contributed by atoms with Crippen LogP contribution >= 0.6 is 11.6 Å². The monoisotopic (exact) mass is 309 g/mol. The number of halogens is 1. The third-order valence-electron chi connectivity index (χ3n) is 3.16. The van der Waals surface area contributed by atoms with Crippen LogP contribution in [-0.4, -0.2) is 15.9 Å². The highest BCUT2D eigenvalue weighted by atomic mass is 35.5. The van der Waals surface area contributed by atoms with E-state index in [1.807, 2.05) is 24.3 Å². The van der Waals surface area contributed by atoms with Gasteiger partial charge in [0.15, 0.2) is 0 Å². The SMILES string of the molecule is C=CC(=O)Nc1ccnc(-c2ccc3cc(Cl)cnc3c2)c1. The maximum atomic E-state index is 11.4. The Kier molecular flexibility index (Phi) is 3.85. The Labute approximate surface area is 132 Å². The molecule has 0 atom stereocenters. The van der Waals surface area contributed by atoms with Crippen molar-refractivity contribution in [2.75, 3.05) is 5.32 Å². The van der Waals surface area contributed by atoms with Crippen LogP contribution in [0.3, 0.4) is 0 Å². The molecule has 5 heteroatoms. The molecule has 1 amide bonds. The Morgan fingerprint density at radius 1 is 1.18 bits per heavy atom. The van der Waals surface area contributed by atoms with Gasteiger partial charge >= 0.3 is 0 Å². The van der Waals surface area contributed by atoms with E-state index < -0.39 is 0 Å². The molecule has 0 aliphatic carbocycles. The van der Waals surface area contributed by atoms with Gasteiger partial charge in [0.25, 0.3) is 0 Å². The van der Waals surface area contributed by atoms with Crippen molar-refractivity contribution in [2.24, 2.45) is 0 Å². The van der Waals surface area contributed by atoms with Crippen LogP contribution in [0, 0.1) is 0 Å². The van der Waals surface area contributed by atoms with Gasteiger partial charge in [-0.25, -0.2) is 0 Å². The average molecular weight is 310 g/mol. The van der Waals surface area contributed by atoms with E-state index in [0.29, 0.717) is 10.7 Å². The molecule has 0 bridgehead atoms. The highest BCUT2D eigenvalue weighted by molar-refractivity contribution is 6.31. The third-order valence-corrected chi connectivity index (χ3v) is 3.37. The zero-order chi connectivity index (χ0) is 15.5. The summed E-state index contributed by atoms with van der Waals surface area (Å²) in [7, 11) is 0. The normalized spacial score (nSPS) is 10.4. The number of pyridine rings is 2. The van der Waals surface area contributed by atoms with Crippen molar-refractivity contribution in [3.63, 3.8) is 0 Å². The quantitative estimate of drug-likeness (QED) is 0.742. The first kappa shape index (κ1) is 14.2. The molecule has 108 valence electrons. The van der Waals surface area contributed by atoms with Crippen molar-refractivity contribution in [1.29, 1.82) is 0 Å². The third kappa shape index (κ3) is 2.97. The number of carbonyl (C=O) groups is 1. The van der Waals surface area contributed by atoms with Crippen LogP contribution in [0.5, 0.6) is 0 Å². The Morgan fingerprint density at radius 3 is 2.86 bits per heavy atom. The Hall–Kier alpha value is -2.72. The van der Waals surface area contributed by atoms with Crippen LogP contribution in [0.25, 0.3) is 22.2 Å². The summed E-state index contributed by atoms with van der Waals surface area (Å²) in [4.78, 5) is 20.0. The van der Waals surface area contributed by atoms with Gasteiger partial charge in [-0.2, -0.15) is 0 Å². The molecule has 22 heavy (non-hydrogen) atoms. The van der Waals surface area contributed by atoms with Crippen molar-refractivity contribution in [1.82, 2.24) is 9.97 Å². The number of anilines is 1. The van der Waals surface area contributed by atoms with Crippen molar-refractivity contribution in [3.05, 3.63) is 66.5 Å². The molecule has 0 aliphatic heterocycles. The number of aromatic nitrogens is 2. The van der Waals surface area contributed by atoms with E-state index in [1.165, 1.54) is 6.08 Å². The van der Waals surface area contributed by atoms with Gasteiger partial charge in [-0.15, -0.1) is 0 Å². The summed E-state index contributed by atoms with van der Waals surface area (Å²) in [5, 5.41) is 4.29. The summed E-state index contributed by atoms with van der Waals surface area (Å²) >= 11 is 5.94. The predicted molar refractivity (Wildman–Crippen MR) is 88.8 cm³/mol. The maximum Gasteiger partial charge on any atom is 0.247 e. The number of fused-ring (bicyclic) bond motifs is 1. The molecule has 0 radical (unpaired) electrons. The Morgan fingerprint density at radius 2 is 2.05 bits per heavy atom. The zero-order valence-corrected chi connectivity index (χ0v) is 12.3. The molecule has 2 aromatic heterocycles. The van der Waals surface area contributed by atoms with Crippen LogP contribution in [0.2, 0.25) is 5.02 Å². The molecular formula is C17H12ClN3O. The maximum absolute atomic E-state index is 11.4. The molecule has 0 saturated heterocycles. The highest BCUT2D eigenvalue weighted by Crippen LogP contribution is 2.25. The first-order valence-corrected chi connectivity index (χ1v) is 6.99. The molecule has 1 N–H and O–H groups in total. The minimum atomic E-state index is -0.257. The lowest BCUT2D eigenvalue weighted by atomic mass is 10.1. The van der Waals surface area contributed by atoms with Crippen LogP contribution in [0.1, 0.15) is 0 Å². The van der Waals surface area contributed by atoms with Gasteiger partial charge < -0.3 is 5.32 Å². The van der Waals surface area contributed by atoms with Gasteiger partial charge in [0.2, 0.25) is 5.91 Å². The number of amides is 1. The first-order valence-electron chi connectivity index (χ1n) is 6.61. The number of rotatable bonds is 3. The van der Waals surface area contributed by atoms with E-state index in [1.54, 1.807) is 24.5 Å². The topological polar surface area (TPSA) is 54.9 Å².